The molecule has 0 radical (unpaired) electrons. The second-order valence-electron chi connectivity index (χ2n) is 6.41. The van der Waals surface area contributed by atoms with Crippen LogP contribution in [-0.2, 0) is 19.4 Å². The molecule has 0 fully saturated rings. The van der Waals surface area contributed by atoms with E-state index in [2.05, 4.69) is 26.8 Å². The van der Waals surface area contributed by atoms with E-state index >= 15 is 0 Å². The van der Waals surface area contributed by atoms with Gasteiger partial charge in [-0.3, -0.25) is 0 Å². The Hall–Kier alpha value is -1.52. The van der Waals surface area contributed by atoms with Gasteiger partial charge in [-0.1, -0.05) is 27.2 Å². The zero-order valence-electron chi connectivity index (χ0n) is 14.4. The number of benzene rings is 1. The van der Waals surface area contributed by atoms with E-state index in [-0.39, 0.29) is 13.2 Å². The van der Waals surface area contributed by atoms with Crippen molar-refractivity contribution in [1.29, 1.82) is 0 Å². The third-order valence-electron chi connectivity index (χ3n) is 3.98. The van der Waals surface area contributed by atoms with E-state index in [0.29, 0.717) is 24.5 Å². The normalized spacial score (nSPS) is 11.6. The van der Waals surface area contributed by atoms with Crippen LogP contribution in [0.1, 0.15) is 50.3 Å². The van der Waals surface area contributed by atoms with E-state index in [0.717, 1.165) is 47.1 Å². The summed E-state index contributed by atoms with van der Waals surface area (Å²) in [5.74, 6) is 1.26. The SMILES string of the molecule is CCCCOc1c(CC(C)C)cc2c(CCO)coc2c1CO. The lowest BCUT2D eigenvalue weighted by atomic mass is 9.96. The Morgan fingerprint density at radius 3 is 2.61 bits per heavy atom. The highest BCUT2D eigenvalue weighted by atomic mass is 16.5. The molecule has 0 aliphatic rings. The second-order valence-corrected chi connectivity index (χ2v) is 6.41. The quantitative estimate of drug-likeness (QED) is 0.689. The third-order valence-corrected chi connectivity index (χ3v) is 3.98. The molecule has 2 aromatic rings. The minimum absolute atomic E-state index is 0.0807. The molecular formula is C19H28O4. The Balaban J connectivity index is 2.54. The number of aliphatic hydroxyl groups is 2. The number of ether oxygens (including phenoxy) is 1. The van der Waals surface area contributed by atoms with Crippen molar-refractivity contribution in [3.8, 4) is 5.75 Å². The van der Waals surface area contributed by atoms with Gasteiger partial charge in [0.15, 0.2) is 0 Å². The molecular weight excluding hydrogens is 292 g/mol. The van der Waals surface area contributed by atoms with Gasteiger partial charge in [-0.15, -0.1) is 0 Å². The van der Waals surface area contributed by atoms with Crippen molar-refractivity contribution in [2.24, 2.45) is 5.92 Å². The minimum atomic E-state index is -0.115. The highest BCUT2D eigenvalue weighted by molar-refractivity contribution is 5.87. The molecule has 0 saturated heterocycles. The summed E-state index contributed by atoms with van der Waals surface area (Å²) in [6.45, 7) is 7.07. The summed E-state index contributed by atoms with van der Waals surface area (Å²) in [4.78, 5) is 0. The minimum Gasteiger partial charge on any atom is -0.493 e. The lowest BCUT2D eigenvalue weighted by molar-refractivity contribution is 0.259. The van der Waals surface area contributed by atoms with Crippen LogP contribution in [0.15, 0.2) is 16.7 Å². The molecule has 128 valence electrons. The zero-order valence-corrected chi connectivity index (χ0v) is 14.4. The van der Waals surface area contributed by atoms with Crippen LogP contribution >= 0.6 is 0 Å². The van der Waals surface area contributed by atoms with Gasteiger partial charge < -0.3 is 19.4 Å². The standard InChI is InChI=1S/C19H28O4/c1-4-5-8-22-18-15(9-13(2)3)10-16-14(6-7-20)12-23-19(16)17(18)11-21/h10,12-13,20-21H,4-9,11H2,1-3H3. The van der Waals surface area contributed by atoms with Crippen molar-refractivity contribution in [2.75, 3.05) is 13.2 Å². The van der Waals surface area contributed by atoms with E-state index in [4.69, 9.17) is 9.15 Å². The first-order valence-electron chi connectivity index (χ1n) is 8.51. The maximum absolute atomic E-state index is 9.88. The molecule has 4 nitrogen and oxygen atoms in total. The first-order valence-corrected chi connectivity index (χ1v) is 8.51. The summed E-state index contributed by atoms with van der Waals surface area (Å²) < 4.78 is 11.7. The number of unbranched alkanes of at least 4 members (excludes halogenated alkanes) is 1. The van der Waals surface area contributed by atoms with E-state index < -0.39 is 0 Å². The van der Waals surface area contributed by atoms with Gasteiger partial charge >= 0.3 is 0 Å². The zero-order chi connectivity index (χ0) is 16.8. The molecule has 0 aliphatic heterocycles. The molecule has 4 heteroatoms. The van der Waals surface area contributed by atoms with Crippen LogP contribution in [0.5, 0.6) is 5.75 Å². The number of rotatable bonds is 9. The summed E-state index contributed by atoms with van der Waals surface area (Å²) >= 11 is 0. The number of fused-ring (bicyclic) bond motifs is 1. The van der Waals surface area contributed by atoms with Crippen LogP contribution in [0, 0.1) is 5.92 Å². The van der Waals surface area contributed by atoms with Crippen molar-refractivity contribution in [1.82, 2.24) is 0 Å². The molecule has 0 unspecified atom stereocenters. The largest absolute Gasteiger partial charge is 0.493 e. The predicted octanol–water partition coefficient (Wildman–Crippen LogP) is 3.84. The second kappa shape index (κ2) is 8.37. The molecule has 0 bridgehead atoms. The topological polar surface area (TPSA) is 62.8 Å². The molecule has 1 aromatic carbocycles. The molecule has 0 saturated carbocycles. The Bertz CT molecular complexity index is 628. The fraction of sp³-hybridized carbons (Fsp3) is 0.579. The van der Waals surface area contributed by atoms with Gasteiger partial charge in [-0.2, -0.15) is 0 Å². The molecule has 2 N–H and O–H groups in total. The lowest BCUT2D eigenvalue weighted by Crippen LogP contribution is -2.06. The van der Waals surface area contributed by atoms with Gasteiger partial charge in [0.2, 0.25) is 0 Å². The van der Waals surface area contributed by atoms with Gasteiger partial charge in [0.25, 0.3) is 0 Å². The summed E-state index contributed by atoms with van der Waals surface area (Å²) in [5.41, 5.74) is 3.48. The molecule has 0 spiro atoms. The van der Waals surface area contributed by atoms with Crippen molar-refractivity contribution < 1.29 is 19.4 Å². The Labute approximate surface area is 138 Å². The highest BCUT2D eigenvalue weighted by Crippen LogP contribution is 2.36. The monoisotopic (exact) mass is 320 g/mol. The van der Waals surface area contributed by atoms with Gasteiger partial charge in [0, 0.05) is 17.6 Å². The number of hydrogen-bond donors (Lipinski definition) is 2. The van der Waals surface area contributed by atoms with E-state index in [1.54, 1.807) is 6.26 Å². The third kappa shape index (κ3) is 4.06. The fourth-order valence-electron chi connectivity index (χ4n) is 2.88. The summed E-state index contributed by atoms with van der Waals surface area (Å²) in [6.07, 6.45) is 5.16. The van der Waals surface area contributed by atoms with E-state index in [1.165, 1.54) is 0 Å². The van der Waals surface area contributed by atoms with Crippen LogP contribution in [0.4, 0.5) is 0 Å². The van der Waals surface area contributed by atoms with E-state index in [1.807, 2.05) is 0 Å². The van der Waals surface area contributed by atoms with Crippen LogP contribution in [0.2, 0.25) is 0 Å². The first-order chi connectivity index (χ1) is 11.1. The number of aliphatic hydroxyl groups excluding tert-OH is 2. The van der Waals surface area contributed by atoms with Crippen LogP contribution in [0.3, 0.4) is 0 Å². The summed E-state index contributed by atoms with van der Waals surface area (Å²) in [7, 11) is 0. The lowest BCUT2D eigenvalue weighted by Gasteiger charge is -2.17. The van der Waals surface area contributed by atoms with Gasteiger partial charge in [-0.05, 0) is 36.8 Å². The fourth-order valence-corrected chi connectivity index (χ4v) is 2.88. The van der Waals surface area contributed by atoms with Crippen LogP contribution in [-0.4, -0.2) is 23.4 Å². The van der Waals surface area contributed by atoms with Crippen molar-refractivity contribution >= 4 is 11.0 Å². The molecule has 0 aliphatic carbocycles. The Morgan fingerprint density at radius 1 is 1.22 bits per heavy atom. The maximum Gasteiger partial charge on any atom is 0.143 e. The molecule has 0 atom stereocenters. The molecule has 2 rings (SSSR count). The molecule has 1 aromatic heterocycles. The Kier molecular flexibility index (Phi) is 6.48. The number of furan rings is 1. The van der Waals surface area contributed by atoms with Crippen molar-refractivity contribution in [3.05, 3.63) is 29.0 Å². The maximum atomic E-state index is 9.88. The molecule has 0 amide bonds. The number of hydrogen-bond acceptors (Lipinski definition) is 4. The first kappa shape index (κ1) is 17.8. The highest BCUT2D eigenvalue weighted by Gasteiger charge is 2.19. The summed E-state index contributed by atoms with van der Waals surface area (Å²) in [5, 5.41) is 20.1. The van der Waals surface area contributed by atoms with Gasteiger partial charge in [0.1, 0.15) is 11.3 Å². The predicted molar refractivity (Wildman–Crippen MR) is 91.9 cm³/mol. The van der Waals surface area contributed by atoms with Crippen LogP contribution in [0.25, 0.3) is 11.0 Å². The average molecular weight is 320 g/mol. The van der Waals surface area contributed by atoms with Crippen molar-refractivity contribution in [2.45, 2.75) is 53.1 Å². The Morgan fingerprint density at radius 2 is 2.00 bits per heavy atom. The molecule has 1 heterocycles. The van der Waals surface area contributed by atoms with E-state index in [9.17, 15) is 10.2 Å². The smallest absolute Gasteiger partial charge is 0.143 e. The van der Waals surface area contributed by atoms with Gasteiger partial charge in [0.05, 0.1) is 25.0 Å². The van der Waals surface area contributed by atoms with Crippen molar-refractivity contribution in [3.63, 3.8) is 0 Å². The molecule has 23 heavy (non-hydrogen) atoms. The van der Waals surface area contributed by atoms with Crippen LogP contribution < -0.4 is 4.74 Å². The average Bonchev–Trinajstić information content (AvgIpc) is 2.90. The van der Waals surface area contributed by atoms with Gasteiger partial charge in [-0.25, -0.2) is 0 Å². The summed E-state index contributed by atoms with van der Waals surface area (Å²) in [6, 6.07) is 2.10.